The second-order valence-electron chi connectivity index (χ2n) is 4.10. The molecule has 0 aliphatic carbocycles. The average molecular weight is 283 g/mol. The van der Waals surface area contributed by atoms with Crippen LogP contribution in [0.15, 0.2) is 18.2 Å². The van der Waals surface area contributed by atoms with Gasteiger partial charge in [0.15, 0.2) is 5.01 Å². The van der Waals surface area contributed by atoms with E-state index in [-0.39, 0.29) is 5.56 Å². The summed E-state index contributed by atoms with van der Waals surface area (Å²) in [5.74, 6) is -1.21. The van der Waals surface area contributed by atoms with Crippen LogP contribution in [0.3, 0.4) is 0 Å². The maximum absolute atomic E-state index is 13.6. The molecule has 102 valence electrons. The standard InChI is InChI=1S/C13H15F2N3S/c1-2-7-16-8-6-11-17-18-13(19-11)12-9(14)4-3-5-10(12)15/h3-5,16H,2,6-8H2,1H3. The molecular formula is C13H15F2N3S. The molecule has 0 amide bonds. The van der Waals surface area contributed by atoms with Crippen LogP contribution in [0.1, 0.15) is 18.4 Å². The van der Waals surface area contributed by atoms with Gasteiger partial charge in [-0.05, 0) is 25.1 Å². The van der Waals surface area contributed by atoms with Crippen molar-refractivity contribution in [2.45, 2.75) is 19.8 Å². The van der Waals surface area contributed by atoms with Crippen molar-refractivity contribution in [1.29, 1.82) is 0 Å². The molecule has 0 atom stereocenters. The van der Waals surface area contributed by atoms with Crippen LogP contribution in [0, 0.1) is 11.6 Å². The Morgan fingerprint density at radius 2 is 1.89 bits per heavy atom. The van der Waals surface area contributed by atoms with Crippen molar-refractivity contribution >= 4 is 11.3 Å². The topological polar surface area (TPSA) is 37.8 Å². The Bertz CT molecular complexity index is 522. The van der Waals surface area contributed by atoms with Crippen LogP contribution in [0.2, 0.25) is 0 Å². The van der Waals surface area contributed by atoms with E-state index in [1.807, 2.05) is 0 Å². The van der Waals surface area contributed by atoms with Gasteiger partial charge in [0.25, 0.3) is 0 Å². The number of nitrogens with one attached hydrogen (secondary N) is 1. The first-order valence-electron chi connectivity index (χ1n) is 6.20. The molecule has 0 unspecified atom stereocenters. The van der Waals surface area contributed by atoms with Crippen molar-refractivity contribution in [3.05, 3.63) is 34.8 Å². The summed E-state index contributed by atoms with van der Waals surface area (Å²) in [4.78, 5) is 0. The zero-order valence-corrected chi connectivity index (χ0v) is 11.4. The van der Waals surface area contributed by atoms with Crippen LogP contribution < -0.4 is 5.32 Å². The predicted molar refractivity (Wildman–Crippen MR) is 72.1 cm³/mol. The highest BCUT2D eigenvalue weighted by Gasteiger charge is 2.15. The Labute approximate surface area is 114 Å². The summed E-state index contributed by atoms with van der Waals surface area (Å²) < 4.78 is 27.2. The van der Waals surface area contributed by atoms with Gasteiger partial charge in [0.1, 0.15) is 16.6 Å². The van der Waals surface area contributed by atoms with Gasteiger partial charge in [-0.25, -0.2) is 8.78 Å². The van der Waals surface area contributed by atoms with Gasteiger partial charge in [-0.1, -0.05) is 24.3 Å². The first-order valence-corrected chi connectivity index (χ1v) is 7.01. The normalized spacial score (nSPS) is 10.9. The minimum Gasteiger partial charge on any atom is -0.316 e. The van der Waals surface area contributed by atoms with Gasteiger partial charge in [0.2, 0.25) is 0 Å². The van der Waals surface area contributed by atoms with Crippen molar-refractivity contribution < 1.29 is 8.78 Å². The van der Waals surface area contributed by atoms with Gasteiger partial charge >= 0.3 is 0 Å². The van der Waals surface area contributed by atoms with Gasteiger partial charge in [0, 0.05) is 13.0 Å². The molecule has 6 heteroatoms. The fourth-order valence-corrected chi connectivity index (χ4v) is 2.54. The second-order valence-corrected chi connectivity index (χ2v) is 5.16. The van der Waals surface area contributed by atoms with Gasteiger partial charge in [-0.3, -0.25) is 0 Å². The number of nitrogens with zero attached hydrogens (tertiary/aromatic N) is 2. The number of rotatable bonds is 6. The zero-order valence-electron chi connectivity index (χ0n) is 10.6. The van der Waals surface area contributed by atoms with E-state index in [2.05, 4.69) is 22.4 Å². The molecule has 19 heavy (non-hydrogen) atoms. The number of aromatic nitrogens is 2. The Hall–Kier alpha value is -1.40. The summed E-state index contributed by atoms with van der Waals surface area (Å²) in [6.07, 6.45) is 1.79. The molecule has 0 radical (unpaired) electrons. The summed E-state index contributed by atoms with van der Waals surface area (Å²) in [7, 11) is 0. The fourth-order valence-electron chi connectivity index (χ4n) is 1.65. The molecule has 0 fully saturated rings. The van der Waals surface area contributed by atoms with Crippen LogP contribution >= 0.6 is 11.3 Å². The summed E-state index contributed by atoms with van der Waals surface area (Å²) in [5, 5.41) is 12.2. The lowest BCUT2D eigenvalue weighted by atomic mass is 10.2. The van der Waals surface area contributed by atoms with E-state index in [0.717, 1.165) is 24.5 Å². The minimum absolute atomic E-state index is 0.0900. The third-order valence-corrected chi connectivity index (χ3v) is 3.59. The Morgan fingerprint density at radius 1 is 1.16 bits per heavy atom. The number of hydrogen-bond donors (Lipinski definition) is 1. The van der Waals surface area contributed by atoms with Crippen LogP contribution in [0.5, 0.6) is 0 Å². The van der Waals surface area contributed by atoms with Crippen LogP contribution in [-0.4, -0.2) is 23.3 Å². The lowest BCUT2D eigenvalue weighted by molar-refractivity contribution is 0.589. The first-order chi connectivity index (χ1) is 9.22. The lowest BCUT2D eigenvalue weighted by Crippen LogP contribution is -2.17. The van der Waals surface area contributed by atoms with E-state index in [1.54, 1.807) is 0 Å². The highest BCUT2D eigenvalue weighted by molar-refractivity contribution is 7.14. The Balaban J connectivity index is 2.08. The average Bonchev–Trinajstić information content (AvgIpc) is 2.83. The maximum atomic E-state index is 13.6. The maximum Gasteiger partial charge on any atom is 0.153 e. The fraction of sp³-hybridized carbons (Fsp3) is 0.385. The molecule has 1 heterocycles. The van der Waals surface area contributed by atoms with Crippen LogP contribution in [-0.2, 0) is 6.42 Å². The van der Waals surface area contributed by atoms with Crippen molar-refractivity contribution in [3.8, 4) is 10.6 Å². The van der Waals surface area contributed by atoms with Gasteiger partial charge < -0.3 is 5.32 Å². The second kappa shape index (κ2) is 6.68. The minimum atomic E-state index is -0.605. The quantitative estimate of drug-likeness (QED) is 0.828. The predicted octanol–water partition coefficient (Wildman–Crippen LogP) is 3.03. The highest BCUT2D eigenvalue weighted by Crippen LogP contribution is 2.28. The molecular weight excluding hydrogens is 268 g/mol. The monoisotopic (exact) mass is 283 g/mol. The Morgan fingerprint density at radius 3 is 2.58 bits per heavy atom. The molecule has 2 aromatic rings. The summed E-state index contributed by atoms with van der Waals surface area (Å²) in [5.41, 5.74) is -0.0900. The van der Waals surface area contributed by atoms with Crippen molar-refractivity contribution in [1.82, 2.24) is 15.5 Å². The van der Waals surface area contributed by atoms with E-state index in [0.29, 0.717) is 11.4 Å². The molecule has 0 saturated heterocycles. The molecule has 1 aromatic carbocycles. The summed E-state index contributed by atoms with van der Waals surface area (Å²) in [6.45, 7) is 3.84. The Kier molecular flexibility index (Phi) is 4.93. The molecule has 3 nitrogen and oxygen atoms in total. The van der Waals surface area contributed by atoms with E-state index in [1.165, 1.54) is 29.5 Å². The number of benzene rings is 1. The van der Waals surface area contributed by atoms with E-state index in [4.69, 9.17) is 0 Å². The van der Waals surface area contributed by atoms with Crippen molar-refractivity contribution in [3.63, 3.8) is 0 Å². The smallest absolute Gasteiger partial charge is 0.153 e. The zero-order chi connectivity index (χ0) is 13.7. The van der Waals surface area contributed by atoms with Gasteiger partial charge in [-0.15, -0.1) is 10.2 Å². The molecule has 0 aliphatic rings. The summed E-state index contributed by atoms with van der Waals surface area (Å²) in [6, 6.07) is 3.79. The molecule has 0 bridgehead atoms. The van der Waals surface area contributed by atoms with E-state index in [9.17, 15) is 8.78 Å². The number of hydrogen-bond acceptors (Lipinski definition) is 4. The molecule has 0 spiro atoms. The molecule has 0 saturated carbocycles. The third kappa shape index (κ3) is 3.54. The van der Waals surface area contributed by atoms with E-state index < -0.39 is 11.6 Å². The lowest BCUT2D eigenvalue weighted by Gasteiger charge is -1.99. The molecule has 0 aliphatic heterocycles. The number of halogens is 2. The third-order valence-electron chi connectivity index (χ3n) is 2.59. The molecule has 1 aromatic heterocycles. The van der Waals surface area contributed by atoms with E-state index >= 15 is 0 Å². The van der Waals surface area contributed by atoms with Crippen LogP contribution in [0.4, 0.5) is 8.78 Å². The SMILES string of the molecule is CCCNCCc1nnc(-c2c(F)cccc2F)s1. The summed E-state index contributed by atoms with van der Waals surface area (Å²) >= 11 is 1.23. The highest BCUT2D eigenvalue weighted by atomic mass is 32.1. The molecule has 2 rings (SSSR count). The van der Waals surface area contributed by atoms with Gasteiger partial charge in [-0.2, -0.15) is 0 Å². The largest absolute Gasteiger partial charge is 0.316 e. The molecule has 1 N–H and O–H groups in total. The first kappa shape index (κ1) is 14.0. The van der Waals surface area contributed by atoms with Crippen molar-refractivity contribution in [2.24, 2.45) is 0 Å². The van der Waals surface area contributed by atoms with Crippen LogP contribution in [0.25, 0.3) is 10.6 Å². The van der Waals surface area contributed by atoms with Gasteiger partial charge in [0.05, 0.1) is 5.56 Å². The van der Waals surface area contributed by atoms with Crippen molar-refractivity contribution in [2.75, 3.05) is 13.1 Å².